The number of hydrogen-bond acceptors (Lipinski definition) is 2. The summed E-state index contributed by atoms with van der Waals surface area (Å²) in [5.41, 5.74) is 1.33. The molecule has 0 aromatic carbocycles. The van der Waals surface area contributed by atoms with Crippen molar-refractivity contribution in [1.82, 2.24) is 9.88 Å². The predicted octanol–water partition coefficient (Wildman–Crippen LogP) is 2.43. The molecule has 0 amide bonds. The first kappa shape index (κ1) is 11.0. The second kappa shape index (κ2) is 5.56. The van der Waals surface area contributed by atoms with Gasteiger partial charge in [0, 0.05) is 38.4 Å². The molecule has 0 saturated heterocycles. The lowest BCUT2D eigenvalue weighted by molar-refractivity contribution is 0.499. The third-order valence-corrected chi connectivity index (χ3v) is 2.63. The number of hydrogen-bond donors (Lipinski definition) is 1. The second-order valence-corrected chi connectivity index (χ2v) is 3.86. The van der Waals surface area contributed by atoms with Crippen LogP contribution in [-0.4, -0.2) is 11.1 Å². The van der Waals surface area contributed by atoms with Crippen molar-refractivity contribution in [3.05, 3.63) is 48.2 Å². The van der Waals surface area contributed by atoms with Gasteiger partial charge in [0.2, 0.25) is 0 Å². The van der Waals surface area contributed by atoms with E-state index in [1.165, 1.54) is 5.56 Å². The maximum absolute atomic E-state index is 5.26. The van der Waals surface area contributed by atoms with Crippen LogP contribution in [0.25, 0.3) is 0 Å². The minimum absolute atomic E-state index is 0.924. The molecule has 86 valence electrons. The van der Waals surface area contributed by atoms with Gasteiger partial charge in [-0.25, -0.2) is 0 Å². The van der Waals surface area contributed by atoms with E-state index >= 15 is 0 Å². The van der Waals surface area contributed by atoms with Gasteiger partial charge >= 0.3 is 0 Å². The van der Waals surface area contributed by atoms with Crippen LogP contribution in [-0.2, 0) is 19.5 Å². The molecule has 0 spiro atoms. The van der Waals surface area contributed by atoms with E-state index in [1.54, 1.807) is 6.26 Å². The molecular formula is C13H18N2O. The summed E-state index contributed by atoms with van der Waals surface area (Å²) in [6.07, 6.45) is 6.96. The van der Waals surface area contributed by atoms with E-state index in [1.807, 2.05) is 12.1 Å². The van der Waals surface area contributed by atoms with Crippen molar-refractivity contribution in [1.29, 1.82) is 0 Å². The van der Waals surface area contributed by atoms with Gasteiger partial charge in [-0.15, -0.1) is 0 Å². The van der Waals surface area contributed by atoms with Crippen molar-refractivity contribution in [2.75, 3.05) is 6.54 Å². The lowest BCUT2D eigenvalue weighted by atomic mass is 10.3. The summed E-state index contributed by atoms with van der Waals surface area (Å²) in [7, 11) is 0. The van der Waals surface area contributed by atoms with Gasteiger partial charge < -0.3 is 14.3 Å². The quantitative estimate of drug-likeness (QED) is 0.755. The minimum atomic E-state index is 0.924. The summed E-state index contributed by atoms with van der Waals surface area (Å²) >= 11 is 0. The van der Waals surface area contributed by atoms with Crippen molar-refractivity contribution in [2.24, 2.45) is 0 Å². The van der Waals surface area contributed by atoms with Crippen molar-refractivity contribution < 1.29 is 4.42 Å². The number of rotatable bonds is 6. The molecule has 2 aromatic rings. The van der Waals surface area contributed by atoms with E-state index in [-0.39, 0.29) is 0 Å². The number of nitrogens with one attached hydrogen (secondary N) is 1. The average molecular weight is 218 g/mol. The van der Waals surface area contributed by atoms with Crippen molar-refractivity contribution in [3.8, 4) is 0 Å². The molecule has 0 aliphatic heterocycles. The Kier molecular flexibility index (Phi) is 3.83. The van der Waals surface area contributed by atoms with Gasteiger partial charge in [0.15, 0.2) is 0 Å². The first-order valence-electron chi connectivity index (χ1n) is 5.76. The molecular weight excluding hydrogens is 200 g/mol. The molecule has 0 atom stereocenters. The highest BCUT2D eigenvalue weighted by molar-refractivity contribution is 5.09. The molecule has 2 aromatic heterocycles. The Labute approximate surface area is 96.1 Å². The standard InChI is InChI=1S/C13H18N2O/c1-2-15-8-6-12(11-15)10-14-7-5-13-4-3-9-16-13/h3-4,6,8-9,11,14H,2,5,7,10H2,1H3. The third kappa shape index (κ3) is 3.00. The van der Waals surface area contributed by atoms with Gasteiger partial charge in [-0.1, -0.05) is 0 Å². The number of nitrogens with zero attached hydrogens (tertiary/aromatic N) is 1. The summed E-state index contributed by atoms with van der Waals surface area (Å²) in [6.45, 7) is 5.05. The van der Waals surface area contributed by atoms with E-state index in [4.69, 9.17) is 4.42 Å². The summed E-state index contributed by atoms with van der Waals surface area (Å²) < 4.78 is 7.45. The van der Waals surface area contributed by atoms with Gasteiger partial charge in [-0.05, 0) is 30.7 Å². The largest absolute Gasteiger partial charge is 0.469 e. The normalized spacial score (nSPS) is 10.8. The lowest BCUT2D eigenvalue weighted by Gasteiger charge is -2.01. The Balaban J connectivity index is 1.68. The average Bonchev–Trinajstić information content (AvgIpc) is 2.95. The summed E-state index contributed by atoms with van der Waals surface area (Å²) in [6, 6.07) is 6.09. The van der Waals surface area contributed by atoms with Gasteiger partial charge in [-0.2, -0.15) is 0 Å². The highest BCUT2D eigenvalue weighted by Crippen LogP contribution is 2.02. The van der Waals surface area contributed by atoms with Gasteiger partial charge in [0.05, 0.1) is 6.26 Å². The zero-order valence-electron chi connectivity index (χ0n) is 9.65. The molecule has 0 fully saturated rings. The van der Waals surface area contributed by atoms with Crippen LogP contribution in [0.4, 0.5) is 0 Å². The molecule has 0 aliphatic carbocycles. The van der Waals surface area contributed by atoms with Gasteiger partial charge in [-0.3, -0.25) is 0 Å². The topological polar surface area (TPSA) is 30.1 Å². The van der Waals surface area contributed by atoms with Crippen LogP contribution < -0.4 is 5.32 Å². The summed E-state index contributed by atoms with van der Waals surface area (Å²) in [4.78, 5) is 0. The fourth-order valence-corrected chi connectivity index (χ4v) is 1.69. The van der Waals surface area contributed by atoms with Gasteiger partial charge in [0.25, 0.3) is 0 Å². The molecule has 0 aliphatic rings. The Morgan fingerprint density at radius 2 is 2.31 bits per heavy atom. The van der Waals surface area contributed by atoms with E-state index in [2.05, 4.69) is 35.3 Å². The monoisotopic (exact) mass is 218 g/mol. The van der Waals surface area contributed by atoms with E-state index < -0.39 is 0 Å². The Hall–Kier alpha value is -1.48. The van der Waals surface area contributed by atoms with Crippen LogP contribution in [0.2, 0.25) is 0 Å². The third-order valence-electron chi connectivity index (χ3n) is 2.63. The minimum Gasteiger partial charge on any atom is -0.469 e. The predicted molar refractivity (Wildman–Crippen MR) is 64.2 cm³/mol. The molecule has 2 heterocycles. The van der Waals surface area contributed by atoms with Crippen molar-refractivity contribution in [3.63, 3.8) is 0 Å². The maximum Gasteiger partial charge on any atom is 0.105 e. The van der Waals surface area contributed by atoms with Crippen LogP contribution in [0.1, 0.15) is 18.2 Å². The van der Waals surface area contributed by atoms with Crippen LogP contribution >= 0.6 is 0 Å². The Morgan fingerprint density at radius 1 is 1.38 bits per heavy atom. The number of aryl methyl sites for hydroxylation is 1. The van der Waals surface area contributed by atoms with E-state index in [0.29, 0.717) is 0 Å². The molecule has 0 unspecified atom stereocenters. The van der Waals surface area contributed by atoms with Crippen LogP contribution in [0, 0.1) is 0 Å². The highest BCUT2D eigenvalue weighted by Gasteiger charge is 1.97. The van der Waals surface area contributed by atoms with Crippen LogP contribution in [0.5, 0.6) is 0 Å². The Morgan fingerprint density at radius 3 is 3.00 bits per heavy atom. The first-order valence-corrected chi connectivity index (χ1v) is 5.76. The second-order valence-electron chi connectivity index (χ2n) is 3.86. The molecule has 3 heteroatoms. The molecule has 16 heavy (non-hydrogen) atoms. The van der Waals surface area contributed by atoms with Gasteiger partial charge in [0.1, 0.15) is 5.76 Å². The number of aromatic nitrogens is 1. The number of furan rings is 1. The van der Waals surface area contributed by atoms with Crippen LogP contribution in [0.3, 0.4) is 0 Å². The van der Waals surface area contributed by atoms with Crippen molar-refractivity contribution in [2.45, 2.75) is 26.4 Å². The fourth-order valence-electron chi connectivity index (χ4n) is 1.69. The molecule has 2 rings (SSSR count). The van der Waals surface area contributed by atoms with E-state index in [9.17, 15) is 0 Å². The highest BCUT2D eigenvalue weighted by atomic mass is 16.3. The Bertz CT molecular complexity index is 403. The van der Waals surface area contributed by atoms with Crippen molar-refractivity contribution >= 4 is 0 Å². The molecule has 0 radical (unpaired) electrons. The van der Waals surface area contributed by atoms with Crippen LogP contribution in [0.15, 0.2) is 41.3 Å². The molecule has 0 bridgehead atoms. The summed E-state index contributed by atoms with van der Waals surface area (Å²) in [5.74, 6) is 1.04. The zero-order valence-corrected chi connectivity index (χ0v) is 9.65. The molecule has 0 saturated carbocycles. The lowest BCUT2D eigenvalue weighted by Crippen LogP contribution is -2.16. The maximum atomic E-state index is 5.26. The van der Waals surface area contributed by atoms with E-state index in [0.717, 1.165) is 31.8 Å². The smallest absolute Gasteiger partial charge is 0.105 e. The first-order chi connectivity index (χ1) is 7.88. The SMILES string of the molecule is CCn1ccc(CNCCc2ccco2)c1. The summed E-state index contributed by atoms with van der Waals surface area (Å²) in [5, 5.41) is 3.40. The fraction of sp³-hybridized carbons (Fsp3) is 0.385. The molecule has 1 N–H and O–H groups in total. The molecule has 3 nitrogen and oxygen atoms in total. The zero-order chi connectivity index (χ0) is 11.2.